The van der Waals surface area contributed by atoms with E-state index in [0.29, 0.717) is 24.2 Å². The number of hydrogen-bond donors (Lipinski definition) is 3. The third-order valence-electron chi connectivity index (χ3n) is 3.04. The average Bonchev–Trinajstić information content (AvgIpc) is 2.41. The van der Waals surface area contributed by atoms with Crippen molar-refractivity contribution in [1.29, 1.82) is 0 Å². The van der Waals surface area contributed by atoms with Crippen LogP contribution in [-0.4, -0.2) is 30.3 Å². The van der Waals surface area contributed by atoms with Crippen molar-refractivity contribution in [1.82, 2.24) is 10.6 Å². The van der Waals surface area contributed by atoms with Gasteiger partial charge in [0.1, 0.15) is 6.04 Å². The second kappa shape index (κ2) is 6.18. The maximum atomic E-state index is 12.1. The Balaban J connectivity index is 2.05. The molecule has 1 saturated heterocycles. The van der Waals surface area contributed by atoms with Crippen LogP contribution in [0.15, 0.2) is 24.3 Å². The molecule has 1 fully saturated rings. The predicted octanol–water partition coefficient (Wildman–Crippen LogP) is 0.653. The van der Waals surface area contributed by atoms with Gasteiger partial charge in [-0.25, -0.2) is 0 Å². The maximum absolute atomic E-state index is 12.1. The number of anilines is 1. The van der Waals surface area contributed by atoms with Crippen molar-refractivity contribution in [3.05, 3.63) is 29.8 Å². The quantitative estimate of drug-likeness (QED) is 0.757. The number of carbonyl (C=O) groups excluding carboxylic acids is 3. The van der Waals surface area contributed by atoms with Gasteiger partial charge in [0.15, 0.2) is 0 Å². The predicted molar refractivity (Wildman–Crippen MR) is 74.2 cm³/mol. The molecule has 0 aliphatic carbocycles. The minimum absolute atomic E-state index is 0.150. The number of carbonyl (C=O) groups is 3. The third kappa shape index (κ3) is 3.57. The maximum Gasteiger partial charge on any atom is 0.252 e. The molecule has 1 aromatic carbocycles. The van der Waals surface area contributed by atoms with Crippen molar-refractivity contribution in [3.8, 4) is 0 Å². The van der Waals surface area contributed by atoms with Crippen LogP contribution in [0.1, 0.15) is 30.1 Å². The van der Waals surface area contributed by atoms with Crippen molar-refractivity contribution in [2.45, 2.75) is 25.8 Å². The van der Waals surface area contributed by atoms with E-state index in [9.17, 15) is 14.4 Å². The van der Waals surface area contributed by atoms with Crippen molar-refractivity contribution in [3.63, 3.8) is 0 Å². The average molecular weight is 275 g/mol. The van der Waals surface area contributed by atoms with E-state index >= 15 is 0 Å². The summed E-state index contributed by atoms with van der Waals surface area (Å²) in [5.41, 5.74) is 0.966. The summed E-state index contributed by atoms with van der Waals surface area (Å²) in [6.45, 7) is 2.06. The zero-order valence-electron chi connectivity index (χ0n) is 11.2. The van der Waals surface area contributed by atoms with Gasteiger partial charge in [-0.05, 0) is 31.0 Å². The van der Waals surface area contributed by atoms with Gasteiger partial charge in [0.2, 0.25) is 11.8 Å². The van der Waals surface area contributed by atoms with Gasteiger partial charge in [0.25, 0.3) is 5.91 Å². The zero-order chi connectivity index (χ0) is 14.5. The zero-order valence-corrected chi connectivity index (χ0v) is 11.2. The molecule has 3 N–H and O–H groups in total. The molecule has 1 aromatic rings. The molecule has 1 aliphatic heterocycles. The number of nitrogens with one attached hydrogen (secondary N) is 3. The number of amides is 3. The molecule has 0 aromatic heterocycles. The van der Waals surface area contributed by atoms with E-state index in [4.69, 9.17) is 0 Å². The Kier molecular flexibility index (Phi) is 4.34. The molecule has 6 heteroatoms. The fourth-order valence-electron chi connectivity index (χ4n) is 2.09. The minimum atomic E-state index is -0.485. The van der Waals surface area contributed by atoms with E-state index in [2.05, 4.69) is 16.0 Å². The minimum Gasteiger partial charge on any atom is -0.354 e. The Morgan fingerprint density at radius 3 is 2.85 bits per heavy atom. The van der Waals surface area contributed by atoms with Crippen molar-refractivity contribution < 1.29 is 14.4 Å². The molecule has 0 bridgehead atoms. The molecule has 106 valence electrons. The second-order valence-corrected chi connectivity index (χ2v) is 4.72. The fraction of sp³-hybridized carbons (Fsp3) is 0.357. The van der Waals surface area contributed by atoms with Crippen LogP contribution in [0.25, 0.3) is 0 Å². The number of piperidine rings is 1. The Bertz CT molecular complexity index is 542. The van der Waals surface area contributed by atoms with Gasteiger partial charge in [-0.1, -0.05) is 6.07 Å². The van der Waals surface area contributed by atoms with Crippen molar-refractivity contribution in [2.75, 3.05) is 11.9 Å². The van der Waals surface area contributed by atoms with Gasteiger partial charge in [0.05, 0.1) is 0 Å². The number of hydrogen-bond acceptors (Lipinski definition) is 3. The van der Waals surface area contributed by atoms with Gasteiger partial charge in [-0.2, -0.15) is 0 Å². The monoisotopic (exact) mass is 275 g/mol. The summed E-state index contributed by atoms with van der Waals surface area (Å²) >= 11 is 0. The Labute approximate surface area is 116 Å². The standard InChI is InChI=1S/C14H17N3O3/c1-9(18)16-11-5-2-4-10(8-11)13(19)17-12-6-3-7-15-14(12)20/h2,4-5,8,12H,3,6-7H2,1H3,(H,15,20)(H,16,18)(H,17,19). The topological polar surface area (TPSA) is 87.3 Å². The summed E-state index contributed by atoms with van der Waals surface area (Å²) in [5.74, 6) is -0.670. The molecule has 1 heterocycles. The second-order valence-electron chi connectivity index (χ2n) is 4.72. The molecule has 0 saturated carbocycles. The third-order valence-corrected chi connectivity index (χ3v) is 3.04. The van der Waals surface area contributed by atoms with Crippen LogP contribution in [0.3, 0.4) is 0 Å². The summed E-state index contributed by atoms with van der Waals surface area (Å²) < 4.78 is 0. The van der Waals surface area contributed by atoms with Crippen LogP contribution >= 0.6 is 0 Å². The van der Waals surface area contributed by atoms with Gasteiger partial charge in [-0.15, -0.1) is 0 Å². The smallest absolute Gasteiger partial charge is 0.252 e. The van der Waals surface area contributed by atoms with Crippen molar-refractivity contribution >= 4 is 23.4 Å². The first-order valence-corrected chi connectivity index (χ1v) is 6.52. The summed E-state index contributed by atoms with van der Waals surface area (Å²) in [4.78, 5) is 34.7. The summed E-state index contributed by atoms with van der Waals surface area (Å²) in [6.07, 6.45) is 1.49. The van der Waals surface area contributed by atoms with Gasteiger partial charge in [-0.3, -0.25) is 14.4 Å². The highest BCUT2D eigenvalue weighted by atomic mass is 16.2. The number of rotatable bonds is 3. The first-order valence-electron chi connectivity index (χ1n) is 6.52. The first-order chi connectivity index (χ1) is 9.56. The highest BCUT2D eigenvalue weighted by Gasteiger charge is 2.23. The van der Waals surface area contributed by atoms with Crippen LogP contribution in [0.4, 0.5) is 5.69 Å². The van der Waals surface area contributed by atoms with E-state index in [1.54, 1.807) is 24.3 Å². The van der Waals surface area contributed by atoms with Crippen LogP contribution in [0.2, 0.25) is 0 Å². The highest BCUT2D eigenvalue weighted by Crippen LogP contribution is 2.11. The molecule has 1 unspecified atom stereocenters. The van der Waals surface area contributed by atoms with Gasteiger partial charge >= 0.3 is 0 Å². The lowest BCUT2D eigenvalue weighted by molar-refractivity contribution is -0.124. The highest BCUT2D eigenvalue weighted by molar-refractivity contribution is 5.99. The van der Waals surface area contributed by atoms with E-state index in [-0.39, 0.29) is 17.7 Å². The number of benzene rings is 1. The Hall–Kier alpha value is -2.37. The van der Waals surface area contributed by atoms with Crippen LogP contribution < -0.4 is 16.0 Å². The lowest BCUT2D eigenvalue weighted by atomic mass is 10.1. The van der Waals surface area contributed by atoms with E-state index in [1.165, 1.54) is 6.92 Å². The molecule has 0 radical (unpaired) electrons. The Morgan fingerprint density at radius 1 is 1.35 bits per heavy atom. The van der Waals surface area contributed by atoms with Gasteiger partial charge in [0, 0.05) is 24.7 Å². The molecular formula is C14H17N3O3. The SMILES string of the molecule is CC(=O)Nc1cccc(C(=O)NC2CCCNC2=O)c1. The molecule has 1 atom stereocenters. The Morgan fingerprint density at radius 2 is 2.15 bits per heavy atom. The largest absolute Gasteiger partial charge is 0.354 e. The van der Waals surface area contributed by atoms with Crippen LogP contribution in [-0.2, 0) is 9.59 Å². The van der Waals surface area contributed by atoms with Gasteiger partial charge < -0.3 is 16.0 Å². The molecule has 3 amide bonds. The molecule has 0 spiro atoms. The molecule has 6 nitrogen and oxygen atoms in total. The summed E-state index contributed by atoms with van der Waals surface area (Å²) in [6, 6.07) is 6.12. The fourth-order valence-corrected chi connectivity index (χ4v) is 2.09. The molecule has 2 rings (SSSR count). The summed E-state index contributed by atoms with van der Waals surface area (Å²) in [5, 5.41) is 8.03. The van der Waals surface area contributed by atoms with E-state index in [1.807, 2.05) is 0 Å². The van der Waals surface area contributed by atoms with Crippen molar-refractivity contribution in [2.24, 2.45) is 0 Å². The van der Waals surface area contributed by atoms with Crippen LogP contribution in [0.5, 0.6) is 0 Å². The normalized spacial score (nSPS) is 18.1. The van der Waals surface area contributed by atoms with E-state index < -0.39 is 6.04 Å². The molecule has 1 aliphatic rings. The van der Waals surface area contributed by atoms with Crippen LogP contribution in [0, 0.1) is 0 Å². The summed E-state index contributed by atoms with van der Waals surface area (Å²) in [7, 11) is 0. The lowest BCUT2D eigenvalue weighted by Gasteiger charge is -2.22. The van der Waals surface area contributed by atoms with E-state index in [0.717, 1.165) is 6.42 Å². The molecule has 20 heavy (non-hydrogen) atoms. The molecular weight excluding hydrogens is 258 g/mol. The lowest BCUT2D eigenvalue weighted by Crippen LogP contribution is -2.50. The first kappa shape index (κ1) is 14.0.